The molecule has 3 aromatic rings. The zero-order chi connectivity index (χ0) is 34.1. The predicted molar refractivity (Wildman–Crippen MR) is 163 cm³/mol. The second-order valence-corrected chi connectivity index (χ2v) is 11.8. The normalized spacial score (nSPS) is 14.8. The maximum atomic E-state index is 14.0. The van der Waals surface area contributed by atoms with Crippen molar-refractivity contribution in [3.8, 4) is 0 Å². The largest absolute Gasteiger partial charge is 0.416 e. The molecule has 1 nitrogen and oxygen atoms in total. The average Bonchev–Trinajstić information content (AvgIpc) is 3.00. The summed E-state index contributed by atoms with van der Waals surface area (Å²) in [6.45, 7) is 5.78. The van der Waals surface area contributed by atoms with Gasteiger partial charge in [-0.1, -0.05) is 95.7 Å². The van der Waals surface area contributed by atoms with Crippen molar-refractivity contribution in [2.45, 2.75) is 115 Å². The monoisotopic (exact) mass is 659 g/mol. The fourth-order valence-corrected chi connectivity index (χ4v) is 6.07. The van der Waals surface area contributed by atoms with Gasteiger partial charge in [-0.05, 0) is 72.4 Å². The molecule has 3 unspecified atom stereocenters. The molecule has 0 aromatic heterocycles. The highest BCUT2D eigenvalue weighted by Crippen LogP contribution is 2.47. The molecule has 0 aliphatic heterocycles. The van der Waals surface area contributed by atoms with Crippen molar-refractivity contribution in [3.63, 3.8) is 0 Å². The molecule has 3 aromatic carbocycles. The smallest absolute Gasteiger partial charge is 0.282 e. The quantitative estimate of drug-likeness (QED) is 0.147. The first kappa shape index (κ1) is 37.4. The van der Waals surface area contributed by atoms with Gasteiger partial charge in [0.15, 0.2) is 0 Å². The van der Waals surface area contributed by atoms with Crippen LogP contribution in [0.4, 0.5) is 39.5 Å². The first-order chi connectivity index (χ1) is 21.6. The Kier molecular flexibility index (Phi) is 13.2. The molecule has 10 heteroatoms. The van der Waals surface area contributed by atoms with E-state index in [1.54, 1.807) is 18.2 Å². The topological polar surface area (TPSA) is 3.24 Å². The molecule has 0 spiro atoms. The van der Waals surface area contributed by atoms with Crippen molar-refractivity contribution in [2.75, 3.05) is 0 Å². The molecule has 3 rings (SSSR count). The Labute approximate surface area is 265 Å². The highest BCUT2D eigenvalue weighted by molar-refractivity contribution is 5.34. The summed E-state index contributed by atoms with van der Waals surface area (Å²) in [5, 5.41) is 0. The Balaban J connectivity index is 2.40. The van der Waals surface area contributed by atoms with Crippen molar-refractivity contribution < 1.29 is 39.5 Å². The van der Waals surface area contributed by atoms with E-state index in [-0.39, 0.29) is 0 Å². The summed E-state index contributed by atoms with van der Waals surface area (Å²) in [5.41, 5.74) is -1.61. The molecule has 0 aliphatic carbocycles. The molecule has 0 amide bonds. The summed E-state index contributed by atoms with van der Waals surface area (Å²) in [4.78, 5) is 1.93. The van der Waals surface area contributed by atoms with Gasteiger partial charge in [-0.2, -0.15) is 39.5 Å². The molecule has 3 atom stereocenters. The van der Waals surface area contributed by atoms with Crippen LogP contribution < -0.4 is 0 Å². The first-order valence-electron chi connectivity index (χ1n) is 15.9. The van der Waals surface area contributed by atoms with Gasteiger partial charge in [0.2, 0.25) is 0 Å². The second-order valence-electron chi connectivity index (χ2n) is 11.8. The molecular formula is C36H42F9N. The molecule has 0 bridgehead atoms. The molecule has 46 heavy (non-hydrogen) atoms. The number of benzene rings is 3. The van der Waals surface area contributed by atoms with Gasteiger partial charge in [0.1, 0.15) is 0 Å². The Hall–Kier alpha value is -3.01. The summed E-state index contributed by atoms with van der Waals surface area (Å²) in [7, 11) is 0. The molecule has 0 radical (unpaired) electrons. The van der Waals surface area contributed by atoms with Gasteiger partial charge in [-0.25, -0.2) is 0 Å². The van der Waals surface area contributed by atoms with Crippen LogP contribution in [0.2, 0.25) is 0 Å². The Morgan fingerprint density at radius 1 is 0.457 bits per heavy atom. The minimum atomic E-state index is -4.64. The molecule has 0 N–H and O–H groups in total. The Morgan fingerprint density at radius 2 is 0.717 bits per heavy atom. The summed E-state index contributed by atoms with van der Waals surface area (Å²) in [5.74, 6) is 0. The van der Waals surface area contributed by atoms with E-state index >= 15 is 0 Å². The fourth-order valence-electron chi connectivity index (χ4n) is 6.07. The zero-order valence-corrected chi connectivity index (χ0v) is 26.4. The van der Waals surface area contributed by atoms with E-state index in [2.05, 4.69) is 0 Å². The van der Waals surface area contributed by atoms with E-state index < -0.39 is 53.3 Å². The SMILES string of the molecule is CCCCC(c1cccc(C(F)(F)F)c1)N(C(CCCC)c1cccc(C(F)(F)F)c1)C(CCCC)c1cccc(C(F)(F)F)c1. The van der Waals surface area contributed by atoms with Crippen molar-refractivity contribution in [1.29, 1.82) is 0 Å². The van der Waals surface area contributed by atoms with E-state index in [1.165, 1.54) is 18.2 Å². The maximum Gasteiger partial charge on any atom is 0.416 e. The van der Waals surface area contributed by atoms with Crippen molar-refractivity contribution in [3.05, 3.63) is 106 Å². The summed E-state index contributed by atoms with van der Waals surface area (Å²) in [6, 6.07) is 12.6. The van der Waals surface area contributed by atoms with Gasteiger partial charge < -0.3 is 0 Å². The summed E-state index contributed by atoms with van der Waals surface area (Å²) < 4.78 is 126. The lowest BCUT2D eigenvalue weighted by Gasteiger charge is -2.45. The fraction of sp³-hybridized carbons (Fsp3) is 0.500. The number of hydrogen-bond donors (Lipinski definition) is 0. The number of hydrogen-bond acceptors (Lipinski definition) is 1. The van der Waals surface area contributed by atoms with E-state index in [1.807, 2.05) is 25.7 Å². The van der Waals surface area contributed by atoms with E-state index in [9.17, 15) is 39.5 Å². The first-order valence-corrected chi connectivity index (χ1v) is 15.9. The highest BCUT2D eigenvalue weighted by atomic mass is 19.4. The predicted octanol–water partition coefficient (Wildman–Crippen LogP) is 13.1. The third kappa shape index (κ3) is 9.99. The van der Waals surface area contributed by atoms with Crippen LogP contribution in [0, 0.1) is 0 Å². The maximum absolute atomic E-state index is 14.0. The lowest BCUT2D eigenvalue weighted by Crippen LogP contribution is -2.37. The van der Waals surface area contributed by atoms with Gasteiger partial charge in [0.25, 0.3) is 0 Å². The van der Waals surface area contributed by atoms with Crippen LogP contribution in [0.5, 0.6) is 0 Å². The average molecular weight is 660 g/mol. The van der Waals surface area contributed by atoms with E-state index in [0.29, 0.717) is 74.5 Å². The number of rotatable bonds is 15. The van der Waals surface area contributed by atoms with Crippen molar-refractivity contribution in [1.82, 2.24) is 4.90 Å². The highest BCUT2D eigenvalue weighted by Gasteiger charge is 2.39. The number of nitrogens with zero attached hydrogens (tertiary/aromatic N) is 1. The second kappa shape index (κ2) is 16.2. The van der Waals surface area contributed by atoms with Crippen LogP contribution in [-0.4, -0.2) is 4.90 Å². The lowest BCUT2D eigenvalue weighted by molar-refractivity contribution is -0.138. The van der Waals surface area contributed by atoms with Crippen molar-refractivity contribution in [2.24, 2.45) is 0 Å². The van der Waals surface area contributed by atoms with Crippen LogP contribution in [-0.2, 0) is 18.5 Å². The molecule has 0 heterocycles. The lowest BCUT2D eigenvalue weighted by atomic mass is 9.86. The van der Waals surface area contributed by atoms with Crippen LogP contribution in [0.15, 0.2) is 72.8 Å². The molecule has 0 fully saturated rings. The van der Waals surface area contributed by atoms with Gasteiger partial charge in [0.05, 0.1) is 16.7 Å². The van der Waals surface area contributed by atoms with Gasteiger partial charge in [0, 0.05) is 18.1 Å². The Morgan fingerprint density at radius 3 is 0.935 bits per heavy atom. The standard InChI is InChI=1S/C36H42F9N/c1-4-7-19-31(25-13-10-16-28(22-25)34(37,38)39)46(32(20-8-5-2)26-14-11-17-29(23-26)35(40,41)42)33(21-9-6-3)27-15-12-18-30(24-27)36(43,44)45/h10-18,22-24,31-33H,4-9,19-21H2,1-3H3. The van der Waals surface area contributed by atoms with Gasteiger partial charge in [-0.15, -0.1) is 0 Å². The summed E-state index contributed by atoms with van der Waals surface area (Å²) in [6.07, 6.45) is -8.99. The van der Waals surface area contributed by atoms with E-state index in [4.69, 9.17) is 0 Å². The van der Waals surface area contributed by atoms with Gasteiger partial charge >= 0.3 is 18.5 Å². The van der Waals surface area contributed by atoms with Crippen molar-refractivity contribution >= 4 is 0 Å². The molecular weight excluding hydrogens is 617 g/mol. The van der Waals surface area contributed by atoms with Crippen LogP contribution in [0.3, 0.4) is 0 Å². The number of halogens is 9. The van der Waals surface area contributed by atoms with Gasteiger partial charge in [-0.3, -0.25) is 4.90 Å². The number of alkyl halides is 9. The molecule has 0 saturated heterocycles. The third-order valence-electron chi connectivity index (χ3n) is 8.37. The van der Waals surface area contributed by atoms with E-state index in [0.717, 1.165) is 36.4 Å². The molecule has 0 aliphatic rings. The molecule has 0 saturated carbocycles. The van der Waals surface area contributed by atoms with Crippen LogP contribution in [0.1, 0.15) is 130 Å². The Bertz CT molecular complexity index is 1200. The minimum Gasteiger partial charge on any atom is -0.282 e. The number of unbranched alkanes of at least 4 members (excludes halogenated alkanes) is 3. The molecule has 254 valence electrons. The summed E-state index contributed by atoms with van der Waals surface area (Å²) >= 11 is 0. The van der Waals surface area contributed by atoms with Crippen LogP contribution in [0.25, 0.3) is 0 Å². The van der Waals surface area contributed by atoms with Crippen LogP contribution >= 0.6 is 0 Å². The zero-order valence-electron chi connectivity index (χ0n) is 26.4. The minimum absolute atomic E-state index is 0.324. The third-order valence-corrected chi connectivity index (χ3v) is 8.37.